The Morgan fingerprint density at radius 1 is 0.882 bits per heavy atom. The topological polar surface area (TPSA) is 58.6 Å². The van der Waals surface area contributed by atoms with Crippen molar-refractivity contribution in [1.82, 2.24) is 10.2 Å². The van der Waals surface area contributed by atoms with Crippen LogP contribution < -0.4 is 10.1 Å². The van der Waals surface area contributed by atoms with Gasteiger partial charge in [0.2, 0.25) is 5.91 Å². The second-order valence-corrected chi connectivity index (χ2v) is 8.54. The molecule has 178 valence electrons. The fourth-order valence-corrected chi connectivity index (χ4v) is 3.73. The highest BCUT2D eigenvalue weighted by molar-refractivity contribution is 5.88. The molecule has 0 bridgehead atoms. The quantitative estimate of drug-likeness (QED) is 0.447. The number of hydrogen-bond acceptors (Lipinski definition) is 3. The number of amides is 2. The molecule has 5 nitrogen and oxygen atoms in total. The standard InChI is InChI=1S/C29H34N2O3/c1-4-17-30-29(33)27(19-24-11-7-5-8-12-24)31(20-25-13-9-6-10-14-25)28(32)21-34-26-16-15-22(2)23(3)18-26/h5-16,18,27H,4,17,19-21H2,1-3H3,(H,30,33). The Morgan fingerprint density at radius 2 is 1.53 bits per heavy atom. The average Bonchev–Trinajstić information content (AvgIpc) is 2.86. The lowest BCUT2D eigenvalue weighted by molar-refractivity contribution is -0.142. The number of carbonyl (C=O) groups excluding carboxylic acids is 2. The fourth-order valence-electron chi connectivity index (χ4n) is 3.73. The predicted octanol–water partition coefficient (Wildman–Crippen LogP) is 4.85. The first kappa shape index (κ1) is 25.0. The number of ether oxygens (including phenoxy) is 1. The monoisotopic (exact) mass is 458 g/mol. The van der Waals surface area contributed by atoms with Gasteiger partial charge in [-0.1, -0.05) is 73.7 Å². The molecule has 1 atom stereocenters. The Balaban J connectivity index is 1.86. The molecular weight excluding hydrogens is 424 g/mol. The molecule has 1 N–H and O–H groups in total. The van der Waals surface area contributed by atoms with Gasteiger partial charge in [0.15, 0.2) is 6.61 Å². The number of nitrogens with zero attached hydrogens (tertiary/aromatic N) is 1. The van der Waals surface area contributed by atoms with Gasteiger partial charge in [0, 0.05) is 19.5 Å². The van der Waals surface area contributed by atoms with E-state index in [1.807, 2.05) is 99.6 Å². The lowest BCUT2D eigenvalue weighted by Crippen LogP contribution is -2.51. The van der Waals surface area contributed by atoms with E-state index in [9.17, 15) is 9.59 Å². The molecule has 1 unspecified atom stereocenters. The molecule has 0 fully saturated rings. The van der Waals surface area contributed by atoms with Crippen molar-refractivity contribution in [2.24, 2.45) is 0 Å². The van der Waals surface area contributed by atoms with E-state index in [1.165, 1.54) is 5.56 Å². The van der Waals surface area contributed by atoms with E-state index in [0.717, 1.165) is 23.1 Å². The van der Waals surface area contributed by atoms with Crippen molar-refractivity contribution in [3.8, 4) is 5.75 Å². The van der Waals surface area contributed by atoms with Gasteiger partial charge in [-0.25, -0.2) is 0 Å². The number of nitrogens with one attached hydrogen (secondary N) is 1. The third kappa shape index (κ3) is 7.20. The Labute approximate surface area is 202 Å². The SMILES string of the molecule is CCCNC(=O)C(Cc1ccccc1)N(Cc1ccccc1)C(=O)COc1ccc(C)c(C)c1. The number of aryl methyl sites for hydroxylation is 2. The van der Waals surface area contributed by atoms with Gasteiger partial charge in [0.1, 0.15) is 11.8 Å². The Kier molecular flexibility index (Phi) is 9.27. The van der Waals surface area contributed by atoms with Gasteiger partial charge in [-0.15, -0.1) is 0 Å². The molecule has 34 heavy (non-hydrogen) atoms. The van der Waals surface area contributed by atoms with Crippen molar-refractivity contribution in [2.45, 2.75) is 46.2 Å². The highest BCUT2D eigenvalue weighted by atomic mass is 16.5. The summed E-state index contributed by atoms with van der Waals surface area (Å²) in [6.07, 6.45) is 1.25. The highest BCUT2D eigenvalue weighted by Crippen LogP contribution is 2.18. The van der Waals surface area contributed by atoms with Crippen LogP contribution in [0.15, 0.2) is 78.9 Å². The van der Waals surface area contributed by atoms with E-state index in [1.54, 1.807) is 4.90 Å². The normalized spacial score (nSPS) is 11.5. The van der Waals surface area contributed by atoms with Crippen LogP contribution in [0.4, 0.5) is 0 Å². The minimum absolute atomic E-state index is 0.137. The van der Waals surface area contributed by atoms with Crippen LogP contribution in [0.3, 0.4) is 0 Å². The van der Waals surface area contributed by atoms with Crippen molar-refractivity contribution >= 4 is 11.8 Å². The molecule has 0 saturated carbocycles. The molecule has 0 aliphatic carbocycles. The lowest BCUT2D eigenvalue weighted by Gasteiger charge is -2.31. The molecular formula is C29H34N2O3. The van der Waals surface area contributed by atoms with E-state index in [-0.39, 0.29) is 18.4 Å². The summed E-state index contributed by atoms with van der Waals surface area (Å²) in [5, 5.41) is 2.99. The summed E-state index contributed by atoms with van der Waals surface area (Å²) in [7, 11) is 0. The minimum atomic E-state index is -0.648. The zero-order valence-corrected chi connectivity index (χ0v) is 20.3. The second kappa shape index (κ2) is 12.6. The molecule has 0 spiro atoms. The van der Waals surface area contributed by atoms with Gasteiger partial charge in [-0.05, 0) is 54.7 Å². The van der Waals surface area contributed by atoms with Crippen LogP contribution in [-0.4, -0.2) is 35.9 Å². The summed E-state index contributed by atoms with van der Waals surface area (Å²) in [6, 6.07) is 24.7. The molecule has 3 rings (SSSR count). The summed E-state index contributed by atoms with van der Waals surface area (Å²) in [4.78, 5) is 28.4. The maximum atomic E-state index is 13.5. The smallest absolute Gasteiger partial charge is 0.261 e. The van der Waals surface area contributed by atoms with Gasteiger partial charge in [-0.3, -0.25) is 9.59 Å². The number of rotatable bonds is 11. The van der Waals surface area contributed by atoms with Crippen LogP contribution in [0.5, 0.6) is 5.75 Å². The van der Waals surface area contributed by atoms with Crippen molar-refractivity contribution in [1.29, 1.82) is 0 Å². The van der Waals surface area contributed by atoms with E-state index < -0.39 is 6.04 Å². The van der Waals surface area contributed by atoms with Crippen molar-refractivity contribution in [2.75, 3.05) is 13.2 Å². The van der Waals surface area contributed by atoms with Crippen molar-refractivity contribution in [3.05, 3.63) is 101 Å². The summed E-state index contributed by atoms with van der Waals surface area (Å²) < 4.78 is 5.86. The van der Waals surface area contributed by atoms with Gasteiger partial charge < -0.3 is 15.0 Å². The van der Waals surface area contributed by atoms with Crippen LogP contribution in [0.1, 0.15) is 35.6 Å². The summed E-state index contributed by atoms with van der Waals surface area (Å²) in [6.45, 7) is 6.82. The molecule has 0 aromatic heterocycles. The Hall–Kier alpha value is -3.60. The first-order valence-electron chi connectivity index (χ1n) is 11.8. The molecule has 0 saturated heterocycles. The van der Waals surface area contributed by atoms with Gasteiger partial charge in [-0.2, -0.15) is 0 Å². The minimum Gasteiger partial charge on any atom is -0.484 e. The summed E-state index contributed by atoms with van der Waals surface area (Å²) in [5.41, 5.74) is 4.23. The number of benzene rings is 3. The van der Waals surface area contributed by atoms with Crippen LogP contribution in [0.25, 0.3) is 0 Å². The molecule has 0 aliphatic rings. The molecule has 3 aromatic carbocycles. The van der Waals surface area contributed by atoms with Gasteiger partial charge in [0.25, 0.3) is 5.91 Å². The summed E-state index contributed by atoms with van der Waals surface area (Å²) in [5.74, 6) is 0.266. The first-order valence-corrected chi connectivity index (χ1v) is 11.8. The molecule has 5 heteroatoms. The molecule has 0 aliphatic heterocycles. The van der Waals surface area contributed by atoms with Crippen LogP contribution in [-0.2, 0) is 22.6 Å². The third-order valence-electron chi connectivity index (χ3n) is 5.86. The zero-order valence-electron chi connectivity index (χ0n) is 20.3. The van der Waals surface area contributed by atoms with Gasteiger partial charge in [0.05, 0.1) is 0 Å². The summed E-state index contributed by atoms with van der Waals surface area (Å²) >= 11 is 0. The van der Waals surface area contributed by atoms with Crippen molar-refractivity contribution in [3.63, 3.8) is 0 Å². The number of hydrogen-bond donors (Lipinski definition) is 1. The average molecular weight is 459 g/mol. The Morgan fingerprint density at radius 3 is 2.15 bits per heavy atom. The number of carbonyl (C=O) groups is 2. The largest absolute Gasteiger partial charge is 0.484 e. The van der Waals surface area contributed by atoms with Crippen LogP contribution in [0, 0.1) is 13.8 Å². The maximum absolute atomic E-state index is 13.5. The van der Waals surface area contributed by atoms with E-state index >= 15 is 0 Å². The highest BCUT2D eigenvalue weighted by Gasteiger charge is 2.30. The van der Waals surface area contributed by atoms with E-state index in [4.69, 9.17) is 4.74 Å². The Bertz CT molecular complexity index is 1070. The third-order valence-corrected chi connectivity index (χ3v) is 5.86. The molecule has 0 radical (unpaired) electrons. The van der Waals surface area contributed by atoms with Crippen LogP contribution in [0.2, 0.25) is 0 Å². The van der Waals surface area contributed by atoms with Crippen LogP contribution >= 0.6 is 0 Å². The maximum Gasteiger partial charge on any atom is 0.261 e. The lowest BCUT2D eigenvalue weighted by atomic mass is 10.0. The fraction of sp³-hybridized carbons (Fsp3) is 0.310. The predicted molar refractivity (Wildman–Crippen MR) is 136 cm³/mol. The van der Waals surface area contributed by atoms with E-state index in [2.05, 4.69) is 5.32 Å². The van der Waals surface area contributed by atoms with Gasteiger partial charge >= 0.3 is 0 Å². The molecule has 0 heterocycles. The van der Waals surface area contributed by atoms with Crippen molar-refractivity contribution < 1.29 is 14.3 Å². The second-order valence-electron chi connectivity index (χ2n) is 8.54. The first-order chi connectivity index (χ1) is 16.5. The van der Waals surface area contributed by atoms with E-state index in [0.29, 0.717) is 25.3 Å². The molecule has 3 aromatic rings. The zero-order chi connectivity index (χ0) is 24.3. The molecule has 2 amide bonds.